The van der Waals surface area contributed by atoms with E-state index in [4.69, 9.17) is 11.6 Å². The molecule has 0 atom stereocenters. The van der Waals surface area contributed by atoms with Crippen molar-refractivity contribution in [1.29, 1.82) is 0 Å². The molecule has 4 heteroatoms. The van der Waals surface area contributed by atoms with Gasteiger partial charge in [-0.1, -0.05) is 0 Å². The number of hydrogen-bond acceptors (Lipinski definition) is 2. The van der Waals surface area contributed by atoms with Crippen LogP contribution in [0.15, 0.2) is 10.8 Å². The van der Waals surface area contributed by atoms with E-state index in [0.717, 1.165) is 11.3 Å². The fourth-order valence-corrected chi connectivity index (χ4v) is 1.52. The van der Waals surface area contributed by atoms with Gasteiger partial charge < -0.3 is 5.32 Å². The molecule has 0 unspecified atom stereocenters. The second kappa shape index (κ2) is 3.74. The summed E-state index contributed by atoms with van der Waals surface area (Å²) in [5.74, 6) is -0.150. The van der Waals surface area contributed by atoms with Gasteiger partial charge >= 0.3 is 0 Å². The van der Waals surface area contributed by atoms with Crippen molar-refractivity contribution in [2.75, 3.05) is 11.2 Å². The van der Waals surface area contributed by atoms with Crippen molar-refractivity contribution < 1.29 is 4.79 Å². The molecule has 0 radical (unpaired) electrons. The molecule has 0 aromatic carbocycles. The highest BCUT2D eigenvalue weighted by Crippen LogP contribution is 2.18. The number of carbonyl (C=O) groups is 1. The lowest BCUT2D eigenvalue weighted by atomic mass is 10.3. The van der Waals surface area contributed by atoms with Gasteiger partial charge in [-0.2, -0.15) is 0 Å². The summed E-state index contributed by atoms with van der Waals surface area (Å²) >= 11 is 6.87. The summed E-state index contributed by atoms with van der Waals surface area (Å²) in [4.78, 5) is 10.8. The first kappa shape index (κ1) is 8.56. The van der Waals surface area contributed by atoms with Gasteiger partial charge in [-0.05, 0) is 17.9 Å². The zero-order valence-electron chi connectivity index (χ0n) is 6.06. The molecule has 1 heterocycles. The number of aryl methyl sites for hydroxylation is 1. The molecule has 2 nitrogen and oxygen atoms in total. The lowest BCUT2D eigenvalue weighted by Crippen LogP contribution is -2.12. The van der Waals surface area contributed by atoms with E-state index in [-0.39, 0.29) is 11.8 Å². The molecule has 0 bridgehead atoms. The maximum absolute atomic E-state index is 10.8. The van der Waals surface area contributed by atoms with Crippen LogP contribution in [0.25, 0.3) is 0 Å². The van der Waals surface area contributed by atoms with Crippen molar-refractivity contribution >= 4 is 34.5 Å². The van der Waals surface area contributed by atoms with E-state index in [1.54, 1.807) is 11.3 Å². The molecule has 0 saturated heterocycles. The largest absolute Gasteiger partial charge is 0.324 e. The SMILES string of the molecule is Cc1cscc1NC(=O)CCl. The van der Waals surface area contributed by atoms with Gasteiger partial charge in [0.05, 0.1) is 5.69 Å². The highest BCUT2D eigenvalue weighted by Gasteiger charge is 2.02. The molecule has 0 aliphatic heterocycles. The van der Waals surface area contributed by atoms with Crippen molar-refractivity contribution in [3.8, 4) is 0 Å². The number of amides is 1. The van der Waals surface area contributed by atoms with Crippen molar-refractivity contribution in [3.63, 3.8) is 0 Å². The third kappa shape index (κ3) is 2.20. The van der Waals surface area contributed by atoms with Crippen LogP contribution in [0.5, 0.6) is 0 Å². The summed E-state index contributed by atoms with van der Waals surface area (Å²) in [6, 6.07) is 0. The minimum absolute atomic E-state index is 0.00921. The molecule has 0 spiro atoms. The number of hydrogen-bond donors (Lipinski definition) is 1. The summed E-state index contributed by atoms with van der Waals surface area (Å²) in [6.45, 7) is 1.94. The number of rotatable bonds is 2. The predicted molar refractivity (Wildman–Crippen MR) is 48.4 cm³/mol. The quantitative estimate of drug-likeness (QED) is 0.711. The standard InChI is InChI=1S/C7H8ClNOS/c1-5-3-11-4-6(5)9-7(10)2-8/h3-4H,2H2,1H3,(H,9,10). The van der Waals surface area contributed by atoms with Crippen molar-refractivity contribution in [2.24, 2.45) is 0 Å². The highest BCUT2D eigenvalue weighted by atomic mass is 35.5. The normalized spacial score (nSPS) is 9.64. The van der Waals surface area contributed by atoms with Crippen LogP contribution in [0, 0.1) is 6.92 Å². The van der Waals surface area contributed by atoms with Crippen molar-refractivity contribution in [3.05, 3.63) is 16.3 Å². The van der Waals surface area contributed by atoms with Gasteiger partial charge in [-0.15, -0.1) is 22.9 Å². The average Bonchev–Trinajstić information content (AvgIpc) is 2.37. The number of halogens is 1. The fraction of sp³-hybridized carbons (Fsp3) is 0.286. The number of thiophene rings is 1. The van der Waals surface area contributed by atoms with Gasteiger partial charge in [0.1, 0.15) is 5.88 Å². The number of alkyl halides is 1. The van der Waals surface area contributed by atoms with Crippen LogP contribution in [0.4, 0.5) is 5.69 Å². The maximum atomic E-state index is 10.8. The van der Waals surface area contributed by atoms with Crippen LogP contribution in [-0.2, 0) is 4.79 Å². The second-order valence-corrected chi connectivity index (χ2v) is 3.16. The summed E-state index contributed by atoms with van der Waals surface area (Å²) < 4.78 is 0. The zero-order valence-corrected chi connectivity index (χ0v) is 7.63. The Labute approximate surface area is 74.2 Å². The van der Waals surface area contributed by atoms with E-state index in [9.17, 15) is 4.79 Å². The van der Waals surface area contributed by atoms with E-state index in [1.807, 2.05) is 17.7 Å². The smallest absolute Gasteiger partial charge is 0.239 e. The Bertz CT molecular complexity index is 259. The fourth-order valence-electron chi connectivity index (χ4n) is 0.672. The lowest BCUT2D eigenvalue weighted by molar-refractivity contribution is -0.113. The lowest BCUT2D eigenvalue weighted by Gasteiger charge is -1.99. The topological polar surface area (TPSA) is 29.1 Å². The summed E-state index contributed by atoms with van der Waals surface area (Å²) in [7, 11) is 0. The first-order valence-electron chi connectivity index (χ1n) is 3.12. The first-order chi connectivity index (χ1) is 5.24. The average molecular weight is 190 g/mol. The van der Waals surface area contributed by atoms with E-state index in [2.05, 4.69) is 5.32 Å². The molecule has 1 amide bonds. The van der Waals surface area contributed by atoms with Gasteiger partial charge in [-0.25, -0.2) is 0 Å². The minimum Gasteiger partial charge on any atom is -0.324 e. The van der Waals surface area contributed by atoms with Gasteiger partial charge in [-0.3, -0.25) is 4.79 Å². The summed E-state index contributed by atoms with van der Waals surface area (Å²) in [5.41, 5.74) is 1.94. The molecule has 1 rings (SSSR count). The molecule has 1 aromatic rings. The monoisotopic (exact) mass is 189 g/mol. The van der Waals surface area contributed by atoms with E-state index >= 15 is 0 Å². The molecular formula is C7H8ClNOS. The van der Waals surface area contributed by atoms with Crippen LogP contribution >= 0.6 is 22.9 Å². The first-order valence-corrected chi connectivity index (χ1v) is 4.60. The van der Waals surface area contributed by atoms with Crippen molar-refractivity contribution in [1.82, 2.24) is 0 Å². The third-order valence-corrected chi connectivity index (χ3v) is 2.36. The van der Waals surface area contributed by atoms with Crippen LogP contribution in [0.3, 0.4) is 0 Å². The molecule has 0 fully saturated rings. The molecule has 60 valence electrons. The third-order valence-electron chi connectivity index (χ3n) is 1.25. The van der Waals surface area contributed by atoms with Crippen molar-refractivity contribution in [2.45, 2.75) is 6.92 Å². The summed E-state index contributed by atoms with van der Waals surface area (Å²) in [6.07, 6.45) is 0. The van der Waals surface area contributed by atoms with Gasteiger partial charge in [0.25, 0.3) is 0 Å². The zero-order chi connectivity index (χ0) is 8.27. The molecular weight excluding hydrogens is 182 g/mol. The van der Waals surface area contributed by atoms with Gasteiger partial charge in [0.15, 0.2) is 0 Å². The number of anilines is 1. The van der Waals surface area contributed by atoms with Crippen LogP contribution in [0.2, 0.25) is 0 Å². The molecule has 0 aliphatic rings. The second-order valence-electron chi connectivity index (χ2n) is 2.15. The highest BCUT2D eigenvalue weighted by molar-refractivity contribution is 7.08. The Morgan fingerprint density at radius 1 is 1.73 bits per heavy atom. The Morgan fingerprint density at radius 2 is 2.45 bits per heavy atom. The number of nitrogens with one attached hydrogen (secondary N) is 1. The Hall–Kier alpha value is -0.540. The molecule has 1 aromatic heterocycles. The van der Waals surface area contributed by atoms with Crippen LogP contribution in [0.1, 0.15) is 5.56 Å². The van der Waals surface area contributed by atoms with E-state index in [0.29, 0.717) is 0 Å². The Balaban J connectivity index is 2.64. The molecule has 0 saturated carbocycles. The van der Waals surface area contributed by atoms with Crippen LogP contribution in [-0.4, -0.2) is 11.8 Å². The summed E-state index contributed by atoms with van der Waals surface area (Å²) in [5, 5.41) is 6.54. The number of carbonyl (C=O) groups excluding carboxylic acids is 1. The molecule has 11 heavy (non-hydrogen) atoms. The predicted octanol–water partition coefficient (Wildman–Crippen LogP) is 2.23. The maximum Gasteiger partial charge on any atom is 0.239 e. The van der Waals surface area contributed by atoms with Gasteiger partial charge in [0, 0.05) is 5.38 Å². The molecule has 0 aliphatic carbocycles. The molecule has 1 N–H and O–H groups in total. The Morgan fingerprint density at radius 3 is 2.91 bits per heavy atom. The van der Waals surface area contributed by atoms with E-state index in [1.165, 1.54) is 0 Å². The van der Waals surface area contributed by atoms with Crippen LogP contribution < -0.4 is 5.32 Å². The van der Waals surface area contributed by atoms with E-state index < -0.39 is 0 Å². The van der Waals surface area contributed by atoms with Gasteiger partial charge in [0.2, 0.25) is 5.91 Å². The minimum atomic E-state index is -0.159. The Kier molecular flexibility index (Phi) is 2.91.